The molecule has 0 bridgehead atoms. The molecule has 0 unspecified atom stereocenters. The number of nitrogens with one attached hydrogen (secondary N) is 5. The van der Waals surface area contributed by atoms with Gasteiger partial charge in [-0.05, 0) is 48.0 Å². The van der Waals surface area contributed by atoms with Gasteiger partial charge in [-0.1, -0.05) is 11.8 Å². The number of alkyl carbamates (subject to hydrolysis) is 1. The standard InChI is InChI=1S/C25H42N8O8S/c1-9-26-21-31-22(28-14(2)3)33-23(32-21)42-13-16(19(36)27-12-18(35)39-7)29-17(34)11-10-15(20(37)40-8)30-24(38)41-25(4,5)6/h14-16H,9-13H2,1-8H3,(H,27,36)(H,29,34)(H,30,38)(H2,26,28,31,32,33)/t15-,16-/m0/s1. The molecule has 0 radical (unpaired) electrons. The summed E-state index contributed by atoms with van der Waals surface area (Å²) < 4.78 is 14.5. The molecule has 0 aliphatic heterocycles. The summed E-state index contributed by atoms with van der Waals surface area (Å²) >= 11 is 1.09. The highest BCUT2D eigenvalue weighted by Crippen LogP contribution is 2.18. The summed E-state index contributed by atoms with van der Waals surface area (Å²) in [5, 5.41) is 13.8. The van der Waals surface area contributed by atoms with Crippen LogP contribution in [0.2, 0.25) is 0 Å². The number of carbonyl (C=O) groups excluding carboxylic acids is 5. The summed E-state index contributed by atoms with van der Waals surface area (Å²) in [6.45, 7) is 10.9. The Balaban J connectivity index is 3.01. The third-order valence-corrected chi connectivity index (χ3v) is 5.81. The summed E-state index contributed by atoms with van der Waals surface area (Å²) in [7, 11) is 2.33. The van der Waals surface area contributed by atoms with E-state index in [1.54, 1.807) is 20.8 Å². The van der Waals surface area contributed by atoms with Crippen LogP contribution in [-0.4, -0.2) is 102 Å². The lowest BCUT2D eigenvalue weighted by molar-refractivity contribution is -0.143. The molecule has 2 atom stereocenters. The third kappa shape index (κ3) is 14.7. The number of aromatic nitrogens is 3. The van der Waals surface area contributed by atoms with E-state index >= 15 is 0 Å². The zero-order valence-electron chi connectivity index (χ0n) is 25.3. The molecule has 17 heteroatoms. The molecule has 0 saturated heterocycles. The fourth-order valence-electron chi connectivity index (χ4n) is 3.06. The predicted octanol–water partition coefficient (Wildman–Crippen LogP) is 0.836. The smallest absolute Gasteiger partial charge is 0.408 e. The van der Waals surface area contributed by atoms with Crippen LogP contribution < -0.4 is 26.6 Å². The van der Waals surface area contributed by atoms with Crippen molar-refractivity contribution in [2.45, 2.75) is 83.3 Å². The number of esters is 2. The molecule has 42 heavy (non-hydrogen) atoms. The van der Waals surface area contributed by atoms with Gasteiger partial charge in [0.1, 0.15) is 24.2 Å². The lowest BCUT2D eigenvalue weighted by Crippen LogP contribution is -2.50. The number of methoxy groups -OCH3 is 2. The van der Waals surface area contributed by atoms with Gasteiger partial charge >= 0.3 is 18.0 Å². The largest absolute Gasteiger partial charge is 0.468 e. The molecule has 5 N–H and O–H groups in total. The van der Waals surface area contributed by atoms with Crippen molar-refractivity contribution >= 4 is 53.5 Å². The first-order chi connectivity index (χ1) is 19.7. The van der Waals surface area contributed by atoms with E-state index in [0.717, 1.165) is 18.9 Å². The van der Waals surface area contributed by atoms with Crippen LogP contribution in [-0.2, 0) is 33.4 Å². The van der Waals surface area contributed by atoms with Crippen LogP contribution >= 0.6 is 11.8 Å². The van der Waals surface area contributed by atoms with Gasteiger partial charge in [-0.15, -0.1) is 0 Å². The molecule has 0 fully saturated rings. The van der Waals surface area contributed by atoms with E-state index in [-0.39, 0.29) is 29.8 Å². The Bertz CT molecular complexity index is 1080. The minimum absolute atomic E-state index is 0.00791. The van der Waals surface area contributed by atoms with E-state index in [1.165, 1.54) is 7.11 Å². The Hall–Kier alpha value is -3.89. The van der Waals surface area contributed by atoms with Gasteiger partial charge in [-0.25, -0.2) is 9.59 Å². The van der Waals surface area contributed by atoms with Crippen LogP contribution in [0.4, 0.5) is 16.7 Å². The third-order valence-electron chi connectivity index (χ3n) is 4.87. The van der Waals surface area contributed by atoms with Crippen molar-refractivity contribution in [3.8, 4) is 0 Å². The molecule has 236 valence electrons. The second-order valence-corrected chi connectivity index (χ2v) is 11.1. The Kier molecular flexibility index (Phi) is 15.3. The van der Waals surface area contributed by atoms with Gasteiger partial charge in [0.05, 0.1) is 14.2 Å². The van der Waals surface area contributed by atoms with Crippen molar-refractivity contribution < 1.29 is 38.2 Å². The molecule has 0 aliphatic carbocycles. The van der Waals surface area contributed by atoms with Crippen molar-refractivity contribution in [2.24, 2.45) is 0 Å². The van der Waals surface area contributed by atoms with Gasteiger partial charge in [-0.2, -0.15) is 15.0 Å². The number of amides is 3. The molecule has 1 aromatic heterocycles. The second-order valence-electron chi connectivity index (χ2n) is 10.1. The first-order valence-corrected chi connectivity index (χ1v) is 14.3. The minimum Gasteiger partial charge on any atom is -0.468 e. The second kappa shape index (κ2) is 17.8. The first kappa shape index (κ1) is 36.1. The maximum Gasteiger partial charge on any atom is 0.408 e. The predicted molar refractivity (Wildman–Crippen MR) is 155 cm³/mol. The molecule has 3 amide bonds. The van der Waals surface area contributed by atoms with Crippen molar-refractivity contribution in [3.63, 3.8) is 0 Å². The molecule has 0 aliphatic rings. The normalized spacial score (nSPS) is 12.4. The van der Waals surface area contributed by atoms with Gasteiger partial charge in [0.15, 0.2) is 5.16 Å². The topological polar surface area (TPSA) is 212 Å². The van der Waals surface area contributed by atoms with Crippen LogP contribution in [0.25, 0.3) is 0 Å². The fraction of sp³-hybridized carbons (Fsp3) is 0.680. The number of nitrogens with zero attached hydrogens (tertiary/aromatic N) is 3. The maximum atomic E-state index is 12.9. The van der Waals surface area contributed by atoms with E-state index in [1.807, 2.05) is 20.8 Å². The van der Waals surface area contributed by atoms with E-state index in [9.17, 15) is 24.0 Å². The number of hydrogen-bond acceptors (Lipinski definition) is 14. The van der Waals surface area contributed by atoms with E-state index < -0.39 is 54.1 Å². The Labute approximate surface area is 249 Å². The molecule has 16 nitrogen and oxygen atoms in total. The van der Waals surface area contributed by atoms with Gasteiger partial charge in [0.25, 0.3) is 0 Å². The van der Waals surface area contributed by atoms with Crippen molar-refractivity contribution in [3.05, 3.63) is 0 Å². The van der Waals surface area contributed by atoms with Gasteiger partial charge in [-0.3, -0.25) is 14.4 Å². The summed E-state index contributed by atoms with van der Waals surface area (Å²) in [6, 6.07) is -2.24. The Morgan fingerprint density at radius 2 is 1.60 bits per heavy atom. The van der Waals surface area contributed by atoms with E-state index in [2.05, 4.69) is 46.3 Å². The van der Waals surface area contributed by atoms with E-state index in [0.29, 0.717) is 18.4 Å². The molecular formula is C25H42N8O8S. The Morgan fingerprint density at radius 1 is 0.929 bits per heavy atom. The zero-order valence-corrected chi connectivity index (χ0v) is 26.1. The van der Waals surface area contributed by atoms with Crippen LogP contribution in [0.1, 0.15) is 54.4 Å². The highest BCUT2D eigenvalue weighted by Gasteiger charge is 2.27. The number of ether oxygens (including phenoxy) is 3. The zero-order chi connectivity index (χ0) is 31.9. The summed E-state index contributed by atoms with van der Waals surface area (Å²) in [6.07, 6.45) is -1.24. The van der Waals surface area contributed by atoms with Gasteiger partial charge in [0.2, 0.25) is 23.7 Å². The molecule has 0 saturated carbocycles. The quantitative estimate of drug-likeness (QED) is 0.0992. The van der Waals surface area contributed by atoms with Crippen LogP contribution in [0.15, 0.2) is 5.16 Å². The number of carbonyl (C=O) groups is 5. The lowest BCUT2D eigenvalue weighted by Gasteiger charge is -2.23. The first-order valence-electron chi connectivity index (χ1n) is 13.3. The molecule has 0 spiro atoms. The summed E-state index contributed by atoms with van der Waals surface area (Å²) in [5.74, 6) is -2.03. The average molecular weight is 615 g/mol. The van der Waals surface area contributed by atoms with Gasteiger partial charge in [0, 0.05) is 24.8 Å². The van der Waals surface area contributed by atoms with Crippen molar-refractivity contribution in [2.75, 3.05) is 43.7 Å². The van der Waals surface area contributed by atoms with Gasteiger partial charge < -0.3 is 40.8 Å². The van der Waals surface area contributed by atoms with Crippen molar-refractivity contribution in [1.29, 1.82) is 0 Å². The molecule has 1 aromatic rings. The van der Waals surface area contributed by atoms with Crippen LogP contribution in [0, 0.1) is 0 Å². The molecule has 1 heterocycles. The highest BCUT2D eigenvalue weighted by molar-refractivity contribution is 7.99. The highest BCUT2D eigenvalue weighted by atomic mass is 32.2. The molecular weight excluding hydrogens is 572 g/mol. The maximum absolute atomic E-state index is 12.9. The van der Waals surface area contributed by atoms with Crippen LogP contribution in [0.3, 0.4) is 0 Å². The fourth-order valence-corrected chi connectivity index (χ4v) is 3.91. The number of rotatable bonds is 16. The minimum atomic E-state index is -1.17. The van der Waals surface area contributed by atoms with E-state index in [4.69, 9.17) is 9.47 Å². The number of anilines is 2. The lowest BCUT2D eigenvalue weighted by atomic mass is 10.1. The number of hydrogen-bond donors (Lipinski definition) is 5. The van der Waals surface area contributed by atoms with Crippen molar-refractivity contribution in [1.82, 2.24) is 30.9 Å². The Morgan fingerprint density at radius 3 is 2.17 bits per heavy atom. The summed E-state index contributed by atoms with van der Waals surface area (Å²) in [4.78, 5) is 74.7. The number of thioether (sulfide) groups is 1. The SMILES string of the molecule is CCNc1nc(NC(C)C)nc(SC[C@H](NC(=O)CC[C@H](NC(=O)OC(C)(C)C)C(=O)OC)C(=O)NCC(=O)OC)n1. The molecule has 1 rings (SSSR count). The summed E-state index contributed by atoms with van der Waals surface area (Å²) in [5.41, 5.74) is -0.803. The van der Waals surface area contributed by atoms with Crippen LogP contribution in [0.5, 0.6) is 0 Å². The monoisotopic (exact) mass is 614 g/mol. The average Bonchev–Trinajstić information content (AvgIpc) is 2.89. The molecule has 0 aromatic carbocycles.